The molecule has 2 aliphatic heterocycles. The first-order chi connectivity index (χ1) is 31.0. The van der Waals surface area contributed by atoms with Gasteiger partial charge in [-0.2, -0.15) is 0 Å². The molecule has 0 saturated carbocycles. The normalized spacial score (nSPS) is 20.1. The Balaban J connectivity index is 1.20. The van der Waals surface area contributed by atoms with Crippen molar-refractivity contribution in [2.75, 3.05) is 4.90 Å². The van der Waals surface area contributed by atoms with Crippen molar-refractivity contribution >= 4 is 83.9 Å². The van der Waals surface area contributed by atoms with Crippen LogP contribution in [0.1, 0.15) is 128 Å². The fraction of sp³-hybridized carbons (Fsp3) is 0.311. The summed E-state index contributed by atoms with van der Waals surface area (Å²) >= 11 is 0. The number of hydrogen-bond donors (Lipinski definition) is 0. The summed E-state index contributed by atoms with van der Waals surface area (Å²) in [5.74, 6) is 0. The quantitative estimate of drug-likeness (QED) is 0.154. The summed E-state index contributed by atoms with van der Waals surface area (Å²) in [5, 5.41) is 7.57. The number of rotatable bonds is 1. The van der Waals surface area contributed by atoms with E-state index >= 15 is 0 Å². The van der Waals surface area contributed by atoms with Crippen molar-refractivity contribution in [3.05, 3.63) is 154 Å². The molecule has 4 heteroatoms. The molecule has 5 aliphatic rings. The van der Waals surface area contributed by atoms with Crippen LogP contribution in [0.25, 0.3) is 71.3 Å². The standard InChI is InChI=1S/C61H57BN2O/c1-57(2)24-25-58(3,4)45-30-36(22-23-43(45)57)63-54-42-31-46-47(60(7,8)27-26-59(46,5)6)33-44(42)61(9,10)56(54)62-52-41(32-50-51(55(52)63)39-18-13-14-21-49(39)65-50)38-20-15-19-37-40-28-34-16-11-12-17-35(34)29-48(40)64(62)53(37)38/h11-23,28-33H,24-27H2,1-10H3. The van der Waals surface area contributed by atoms with Crippen molar-refractivity contribution < 1.29 is 4.42 Å². The zero-order valence-electron chi connectivity index (χ0n) is 39.7. The highest BCUT2D eigenvalue weighted by Gasteiger charge is 2.55. The van der Waals surface area contributed by atoms with Crippen LogP contribution in [-0.2, 0) is 27.1 Å². The van der Waals surface area contributed by atoms with Gasteiger partial charge < -0.3 is 13.8 Å². The largest absolute Gasteiger partial charge is 0.456 e. The number of anilines is 2. The molecule has 0 saturated heterocycles. The number of nitrogens with zero attached hydrogens (tertiary/aromatic N) is 2. The van der Waals surface area contributed by atoms with Crippen LogP contribution in [-0.4, -0.2) is 11.3 Å². The van der Waals surface area contributed by atoms with E-state index < -0.39 is 0 Å². The van der Waals surface area contributed by atoms with Gasteiger partial charge in [0.25, 0.3) is 0 Å². The second kappa shape index (κ2) is 11.9. The summed E-state index contributed by atoms with van der Waals surface area (Å²) in [6.07, 6.45) is 4.72. The van der Waals surface area contributed by atoms with Crippen molar-refractivity contribution in [1.82, 2.24) is 4.48 Å². The van der Waals surface area contributed by atoms with E-state index in [4.69, 9.17) is 4.42 Å². The molecule has 0 radical (unpaired) electrons. The lowest BCUT2D eigenvalue weighted by atomic mass is 9.40. The number of allylic oxidation sites excluding steroid dienone is 1. The van der Waals surface area contributed by atoms with Gasteiger partial charge in [0.15, 0.2) is 0 Å². The van der Waals surface area contributed by atoms with Gasteiger partial charge in [-0.1, -0.05) is 142 Å². The number of furan rings is 1. The zero-order chi connectivity index (χ0) is 44.5. The maximum atomic E-state index is 7.05. The van der Waals surface area contributed by atoms with Crippen LogP contribution in [0.15, 0.2) is 125 Å². The van der Waals surface area contributed by atoms with Crippen molar-refractivity contribution in [3.8, 4) is 11.1 Å². The number of hydrogen-bond acceptors (Lipinski definition) is 2. The number of fused-ring (bicyclic) bond motifs is 15. The first-order valence-corrected chi connectivity index (χ1v) is 24.3. The summed E-state index contributed by atoms with van der Waals surface area (Å²) in [6, 6.07) is 45.0. The third-order valence-electron chi connectivity index (χ3n) is 17.9. The van der Waals surface area contributed by atoms with Gasteiger partial charge in [0.2, 0.25) is 0 Å². The fourth-order valence-corrected chi connectivity index (χ4v) is 14.0. The van der Waals surface area contributed by atoms with Gasteiger partial charge in [-0.05, 0) is 145 Å². The average molecular weight is 845 g/mol. The fourth-order valence-electron chi connectivity index (χ4n) is 14.0. The van der Waals surface area contributed by atoms with Gasteiger partial charge in [0.1, 0.15) is 11.2 Å². The lowest BCUT2D eigenvalue weighted by Gasteiger charge is -2.45. The first kappa shape index (κ1) is 38.3. The maximum absolute atomic E-state index is 7.05. The molecule has 0 bridgehead atoms. The Morgan fingerprint density at radius 3 is 1.86 bits per heavy atom. The van der Waals surface area contributed by atoms with Crippen molar-refractivity contribution in [2.45, 2.75) is 122 Å². The van der Waals surface area contributed by atoms with E-state index in [0.29, 0.717) is 0 Å². The summed E-state index contributed by atoms with van der Waals surface area (Å²) in [5.41, 5.74) is 22.7. The average Bonchev–Trinajstić information content (AvgIpc) is 3.89. The van der Waals surface area contributed by atoms with Crippen LogP contribution in [0, 0.1) is 0 Å². The first-order valence-electron chi connectivity index (χ1n) is 24.3. The Bertz CT molecular complexity index is 3710. The smallest absolute Gasteiger partial charge is 0.329 e. The van der Waals surface area contributed by atoms with Crippen molar-refractivity contribution in [1.29, 1.82) is 0 Å². The topological polar surface area (TPSA) is 21.3 Å². The Morgan fingerprint density at radius 1 is 0.492 bits per heavy atom. The molecule has 2 aromatic heterocycles. The van der Waals surface area contributed by atoms with Crippen molar-refractivity contribution in [3.63, 3.8) is 0 Å². The van der Waals surface area contributed by atoms with Gasteiger partial charge in [0, 0.05) is 55.1 Å². The molecule has 4 heterocycles. The van der Waals surface area contributed by atoms with E-state index in [2.05, 4.69) is 194 Å². The molecule has 0 spiro atoms. The second-order valence-electron chi connectivity index (χ2n) is 23.8. The Morgan fingerprint density at radius 2 is 1.12 bits per heavy atom. The zero-order valence-corrected chi connectivity index (χ0v) is 39.7. The molecule has 14 rings (SSSR count). The number of aromatic nitrogens is 1. The lowest BCUT2D eigenvalue weighted by molar-refractivity contribution is 0.331. The Kier molecular flexibility index (Phi) is 6.99. The molecular weight excluding hydrogens is 787 g/mol. The predicted molar refractivity (Wildman–Crippen MR) is 276 cm³/mol. The number of para-hydroxylation sites is 2. The van der Waals surface area contributed by atoms with Crippen LogP contribution in [0.3, 0.4) is 0 Å². The third kappa shape index (κ3) is 4.69. The third-order valence-corrected chi connectivity index (χ3v) is 17.9. The highest BCUT2D eigenvalue weighted by atomic mass is 16.3. The van der Waals surface area contributed by atoms with Gasteiger partial charge in [-0.3, -0.25) is 0 Å². The number of benzene rings is 7. The van der Waals surface area contributed by atoms with Crippen LogP contribution in [0.2, 0.25) is 0 Å². The molecule has 0 unspecified atom stereocenters. The summed E-state index contributed by atoms with van der Waals surface area (Å²) in [7, 11) is 0. The molecular formula is C61H57BN2O. The van der Waals surface area contributed by atoms with Crippen LogP contribution < -0.4 is 10.4 Å². The van der Waals surface area contributed by atoms with Gasteiger partial charge in [0.05, 0.1) is 11.1 Å². The highest BCUT2D eigenvalue weighted by molar-refractivity contribution is 6.86. The second-order valence-corrected chi connectivity index (χ2v) is 23.8. The Hall–Kier alpha value is -6.00. The molecule has 0 amide bonds. The minimum atomic E-state index is -0.301. The van der Waals surface area contributed by atoms with Crippen LogP contribution in [0.4, 0.5) is 11.4 Å². The monoisotopic (exact) mass is 844 g/mol. The van der Waals surface area contributed by atoms with E-state index in [1.165, 1.54) is 142 Å². The molecule has 65 heavy (non-hydrogen) atoms. The molecule has 320 valence electrons. The van der Waals surface area contributed by atoms with E-state index in [-0.39, 0.29) is 33.9 Å². The molecule has 9 aromatic rings. The summed E-state index contributed by atoms with van der Waals surface area (Å²) in [6.45, 7) is 24.8. The molecule has 3 aliphatic carbocycles. The Labute approximate surface area is 383 Å². The molecule has 0 atom stereocenters. The van der Waals surface area contributed by atoms with Gasteiger partial charge in [-0.25, -0.2) is 0 Å². The summed E-state index contributed by atoms with van der Waals surface area (Å²) < 4.78 is 9.84. The molecule has 0 fully saturated rings. The van der Waals surface area contributed by atoms with E-state index in [9.17, 15) is 0 Å². The van der Waals surface area contributed by atoms with E-state index in [1.54, 1.807) is 0 Å². The minimum Gasteiger partial charge on any atom is -0.456 e. The van der Waals surface area contributed by atoms with Crippen LogP contribution >= 0.6 is 0 Å². The lowest BCUT2D eigenvalue weighted by Crippen LogP contribution is -2.52. The van der Waals surface area contributed by atoms with Gasteiger partial charge in [-0.15, -0.1) is 0 Å². The van der Waals surface area contributed by atoms with E-state index in [0.717, 1.165) is 11.2 Å². The SMILES string of the molecule is CC1(C)CCC(C)(C)c2cc(N3C4=C(B5c6c(cc7oc8ccccc8c7c63)-c3cccc6c7cc8ccccc8cc7n5c36)C(C)(C)c3cc5c(cc34)C(C)(C)CCC5(C)C)ccc21. The molecule has 3 nitrogen and oxygen atoms in total. The summed E-state index contributed by atoms with van der Waals surface area (Å²) in [4.78, 5) is 2.76. The van der Waals surface area contributed by atoms with Crippen molar-refractivity contribution in [2.24, 2.45) is 0 Å². The molecule has 0 N–H and O–H groups in total. The highest BCUT2D eigenvalue weighted by Crippen LogP contribution is 2.61. The minimum absolute atomic E-state index is 0.0447. The van der Waals surface area contributed by atoms with Gasteiger partial charge >= 0.3 is 6.85 Å². The molecule has 7 aromatic carbocycles. The predicted octanol–water partition coefficient (Wildman–Crippen LogP) is 15.7. The maximum Gasteiger partial charge on any atom is 0.329 e. The van der Waals surface area contributed by atoms with E-state index in [1.807, 2.05) is 0 Å². The van der Waals surface area contributed by atoms with Crippen LogP contribution in [0.5, 0.6) is 0 Å².